The standard InChI is InChI=1S/C26H34O5/c1-4-5-19(28)17-13-15-12-16(27)6-9-23(15,2)26-20(30-26)14-24(3)18(22(17)26)7-10-25(24)11-8-21(29)31-25/h12,17-18,20,22H,4-11,13-14H2,1-3H3/t17?,18?,20-,22?,23-,24-,25+,26?/m0/s1. The molecule has 0 amide bonds. The number of esters is 1. The molecule has 0 aromatic heterocycles. The average Bonchev–Trinajstić information content (AvgIpc) is 3.20. The van der Waals surface area contributed by atoms with Gasteiger partial charge in [-0.25, -0.2) is 0 Å². The van der Waals surface area contributed by atoms with Gasteiger partial charge in [0, 0.05) is 41.9 Å². The molecule has 168 valence electrons. The van der Waals surface area contributed by atoms with Crippen LogP contribution in [0.3, 0.4) is 0 Å². The molecule has 0 aromatic carbocycles. The van der Waals surface area contributed by atoms with Gasteiger partial charge in [-0.2, -0.15) is 0 Å². The number of hydrogen-bond donors (Lipinski definition) is 0. The van der Waals surface area contributed by atoms with E-state index in [4.69, 9.17) is 9.47 Å². The van der Waals surface area contributed by atoms with Gasteiger partial charge in [-0.05, 0) is 56.9 Å². The van der Waals surface area contributed by atoms with Crippen molar-refractivity contribution in [1.29, 1.82) is 0 Å². The number of carbonyl (C=O) groups excluding carboxylic acids is 3. The van der Waals surface area contributed by atoms with Crippen LogP contribution < -0.4 is 0 Å². The van der Waals surface area contributed by atoms with E-state index in [0.29, 0.717) is 37.4 Å². The Balaban J connectivity index is 1.48. The first-order chi connectivity index (χ1) is 14.7. The van der Waals surface area contributed by atoms with Crippen LogP contribution in [-0.4, -0.2) is 34.8 Å². The van der Waals surface area contributed by atoms with Gasteiger partial charge in [-0.3, -0.25) is 14.4 Å². The highest BCUT2D eigenvalue weighted by atomic mass is 16.6. The predicted molar refractivity (Wildman–Crippen MR) is 113 cm³/mol. The van der Waals surface area contributed by atoms with E-state index in [1.54, 1.807) is 0 Å². The van der Waals surface area contributed by atoms with Gasteiger partial charge >= 0.3 is 5.97 Å². The number of fused-ring (bicyclic) bond motifs is 4. The maximum Gasteiger partial charge on any atom is 0.306 e. The van der Waals surface area contributed by atoms with Crippen molar-refractivity contribution in [2.75, 3.05) is 0 Å². The lowest BCUT2D eigenvalue weighted by Gasteiger charge is -2.58. The highest BCUT2D eigenvalue weighted by Gasteiger charge is 2.83. The lowest BCUT2D eigenvalue weighted by Crippen LogP contribution is -2.63. The number of ether oxygens (including phenoxy) is 2. The van der Waals surface area contributed by atoms with Gasteiger partial charge in [0.25, 0.3) is 0 Å². The topological polar surface area (TPSA) is 73.0 Å². The molecule has 5 fully saturated rings. The van der Waals surface area contributed by atoms with Crippen LogP contribution in [0.4, 0.5) is 0 Å². The molecule has 5 nitrogen and oxygen atoms in total. The summed E-state index contributed by atoms with van der Waals surface area (Å²) >= 11 is 0. The molecular weight excluding hydrogens is 392 g/mol. The van der Waals surface area contributed by atoms with Crippen molar-refractivity contribution < 1.29 is 23.9 Å². The summed E-state index contributed by atoms with van der Waals surface area (Å²) in [4.78, 5) is 38.0. The second-order valence-corrected chi connectivity index (χ2v) is 11.7. The maximum atomic E-state index is 13.5. The molecule has 2 spiro atoms. The van der Waals surface area contributed by atoms with Crippen LogP contribution >= 0.6 is 0 Å². The van der Waals surface area contributed by atoms with Gasteiger partial charge in [0.2, 0.25) is 0 Å². The SMILES string of the molecule is CCCC(=O)C1CC2=CC(=O)CC[C@]2(C)C23O[C@H]2C[C@@]2(C)C(CC[C@@]24CCC(=O)O4)C13. The van der Waals surface area contributed by atoms with Crippen LogP contribution in [0.1, 0.15) is 85.0 Å². The van der Waals surface area contributed by atoms with E-state index in [1.165, 1.54) is 0 Å². The van der Waals surface area contributed by atoms with Gasteiger partial charge < -0.3 is 9.47 Å². The Bertz CT molecular complexity index is 921. The van der Waals surface area contributed by atoms with E-state index in [0.717, 1.165) is 44.1 Å². The first-order valence-electron chi connectivity index (χ1n) is 12.4. The van der Waals surface area contributed by atoms with Crippen LogP contribution in [0, 0.1) is 28.6 Å². The Morgan fingerprint density at radius 3 is 2.68 bits per heavy atom. The van der Waals surface area contributed by atoms with Crippen LogP contribution in [0.2, 0.25) is 0 Å². The number of rotatable bonds is 3. The average molecular weight is 427 g/mol. The van der Waals surface area contributed by atoms with Crippen molar-refractivity contribution in [2.45, 2.75) is 102 Å². The van der Waals surface area contributed by atoms with Gasteiger partial charge in [0.05, 0.1) is 6.10 Å². The van der Waals surface area contributed by atoms with E-state index in [1.807, 2.05) is 6.08 Å². The third-order valence-electron chi connectivity index (χ3n) is 10.6. The summed E-state index contributed by atoms with van der Waals surface area (Å²) in [5, 5.41) is 0. The minimum atomic E-state index is -0.384. The molecule has 4 aliphatic carbocycles. The quantitative estimate of drug-likeness (QED) is 0.496. The smallest absolute Gasteiger partial charge is 0.306 e. The number of Topliss-reactive ketones (excluding diaryl/α,β-unsaturated/α-hetero) is 1. The lowest BCUT2D eigenvalue weighted by atomic mass is 9.43. The molecule has 4 unspecified atom stereocenters. The summed E-state index contributed by atoms with van der Waals surface area (Å²) in [7, 11) is 0. The van der Waals surface area contributed by atoms with Gasteiger partial charge in [-0.1, -0.05) is 26.3 Å². The lowest BCUT2D eigenvalue weighted by molar-refractivity contribution is -0.167. The zero-order valence-electron chi connectivity index (χ0n) is 19.0. The Labute approximate surface area is 184 Å². The van der Waals surface area contributed by atoms with Crippen molar-refractivity contribution in [3.05, 3.63) is 11.6 Å². The number of carbonyl (C=O) groups is 3. The fraction of sp³-hybridized carbons (Fsp3) is 0.808. The highest BCUT2D eigenvalue weighted by molar-refractivity contribution is 5.92. The van der Waals surface area contributed by atoms with Crippen molar-refractivity contribution in [3.8, 4) is 0 Å². The molecule has 3 saturated carbocycles. The largest absolute Gasteiger partial charge is 0.458 e. The summed E-state index contributed by atoms with van der Waals surface area (Å²) < 4.78 is 12.8. The van der Waals surface area contributed by atoms with Gasteiger partial charge in [-0.15, -0.1) is 0 Å². The Morgan fingerprint density at radius 2 is 1.97 bits per heavy atom. The molecular formula is C26H34O5. The molecule has 0 N–H and O–H groups in total. The first-order valence-corrected chi connectivity index (χ1v) is 12.4. The van der Waals surface area contributed by atoms with Crippen molar-refractivity contribution in [1.82, 2.24) is 0 Å². The molecule has 6 aliphatic rings. The summed E-state index contributed by atoms with van der Waals surface area (Å²) in [6.07, 6.45) is 9.57. The number of ketones is 2. The van der Waals surface area contributed by atoms with E-state index in [9.17, 15) is 14.4 Å². The molecule has 2 saturated heterocycles. The molecule has 0 radical (unpaired) electrons. The van der Waals surface area contributed by atoms with E-state index in [2.05, 4.69) is 20.8 Å². The number of hydrogen-bond acceptors (Lipinski definition) is 5. The van der Waals surface area contributed by atoms with Crippen molar-refractivity contribution in [2.24, 2.45) is 28.6 Å². The highest BCUT2D eigenvalue weighted by Crippen LogP contribution is 2.78. The second-order valence-electron chi connectivity index (χ2n) is 11.7. The first kappa shape index (κ1) is 20.1. The molecule has 6 rings (SSSR count). The third kappa shape index (κ3) is 2.24. The van der Waals surface area contributed by atoms with Gasteiger partial charge in [0.1, 0.15) is 17.0 Å². The molecule has 2 heterocycles. The Hall–Kier alpha value is -1.49. The molecule has 2 aliphatic heterocycles. The predicted octanol–water partition coefficient (Wildman–Crippen LogP) is 4.32. The minimum absolute atomic E-state index is 0.0688. The fourth-order valence-corrected chi connectivity index (χ4v) is 9.05. The number of epoxide rings is 1. The van der Waals surface area contributed by atoms with Crippen LogP contribution in [0.5, 0.6) is 0 Å². The monoisotopic (exact) mass is 426 g/mol. The van der Waals surface area contributed by atoms with Crippen LogP contribution in [-0.2, 0) is 23.9 Å². The van der Waals surface area contributed by atoms with Crippen molar-refractivity contribution >= 4 is 17.5 Å². The summed E-state index contributed by atoms with van der Waals surface area (Å²) in [5.41, 5.74) is 0.138. The molecule has 0 bridgehead atoms. The molecule has 8 atom stereocenters. The van der Waals surface area contributed by atoms with E-state index >= 15 is 0 Å². The zero-order valence-corrected chi connectivity index (χ0v) is 19.0. The third-order valence-corrected chi connectivity index (χ3v) is 10.6. The normalized spacial score (nSPS) is 52.0. The van der Waals surface area contributed by atoms with E-state index < -0.39 is 0 Å². The molecule has 5 heteroatoms. The Morgan fingerprint density at radius 1 is 1.16 bits per heavy atom. The van der Waals surface area contributed by atoms with E-state index in [-0.39, 0.29) is 51.7 Å². The van der Waals surface area contributed by atoms with Crippen LogP contribution in [0.25, 0.3) is 0 Å². The second kappa shape index (κ2) is 6.09. The Kier molecular flexibility index (Phi) is 3.96. The zero-order chi connectivity index (χ0) is 21.8. The molecule has 31 heavy (non-hydrogen) atoms. The maximum absolute atomic E-state index is 13.5. The van der Waals surface area contributed by atoms with Crippen molar-refractivity contribution in [3.63, 3.8) is 0 Å². The van der Waals surface area contributed by atoms with Crippen LogP contribution in [0.15, 0.2) is 11.6 Å². The summed E-state index contributed by atoms with van der Waals surface area (Å²) in [5.74, 6) is 0.839. The fourth-order valence-electron chi connectivity index (χ4n) is 9.05. The summed E-state index contributed by atoms with van der Waals surface area (Å²) in [6, 6.07) is 0. The minimum Gasteiger partial charge on any atom is -0.458 e. The summed E-state index contributed by atoms with van der Waals surface area (Å²) in [6.45, 7) is 6.67. The molecule has 0 aromatic rings. The van der Waals surface area contributed by atoms with Gasteiger partial charge in [0.15, 0.2) is 5.78 Å².